The van der Waals surface area contributed by atoms with Crippen molar-refractivity contribution < 1.29 is 30.0 Å². The maximum absolute atomic E-state index is 2.55. The van der Waals surface area contributed by atoms with Gasteiger partial charge in [-0.3, -0.25) is 0 Å². The van der Waals surface area contributed by atoms with E-state index in [4.69, 9.17) is 0 Å². The maximum atomic E-state index is 2.55. The van der Waals surface area contributed by atoms with Gasteiger partial charge in [-0.2, -0.15) is 0 Å². The Labute approximate surface area is 147 Å². The van der Waals surface area contributed by atoms with Gasteiger partial charge in [0.05, 0.1) is 0 Å². The topological polar surface area (TPSA) is 0 Å². The Balaban J connectivity index is 2.19. The molecule has 0 spiro atoms. The van der Waals surface area contributed by atoms with Crippen molar-refractivity contribution in [2.75, 3.05) is 0 Å². The van der Waals surface area contributed by atoms with Crippen LogP contribution in [0.1, 0.15) is 40.0 Å². The fraction of sp³-hybridized carbons (Fsp3) is 0.429. The third-order valence-corrected chi connectivity index (χ3v) is 23.8. The molecule has 0 unspecified atom stereocenters. The van der Waals surface area contributed by atoms with Gasteiger partial charge in [0.15, 0.2) is 0 Å². The molecule has 0 aromatic carbocycles. The molecule has 0 radical (unpaired) electrons. The van der Waals surface area contributed by atoms with Gasteiger partial charge < -0.3 is 0 Å². The molecule has 0 atom stereocenters. The first-order valence-electron chi connectivity index (χ1n) is 8.78. The molecule has 0 aromatic rings. The fourth-order valence-electron chi connectivity index (χ4n) is 4.97. The van der Waals surface area contributed by atoms with Crippen molar-refractivity contribution in [3.63, 3.8) is 0 Å². The van der Waals surface area contributed by atoms with Gasteiger partial charge in [0.1, 0.15) is 0 Å². The summed E-state index contributed by atoms with van der Waals surface area (Å²) in [5.74, 6) is 0. The first kappa shape index (κ1) is 16.5. The quantitative estimate of drug-likeness (QED) is 0.451. The van der Waals surface area contributed by atoms with Crippen LogP contribution in [0.5, 0.6) is 0 Å². The molecule has 114 valence electrons. The van der Waals surface area contributed by atoms with Gasteiger partial charge in [-0.25, -0.2) is 0 Å². The molecule has 0 bridgehead atoms. The standard InChI is InChI=1S/3C7H9.La/c3*1-2-7-5-3-4-6-7;/h3*3-6H,2H2,1H3;. The van der Waals surface area contributed by atoms with E-state index in [-0.39, 0.29) is 0 Å². The number of rotatable bonds is 6. The summed E-state index contributed by atoms with van der Waals surface area (Å²) in [5, 5.41) is 0. The van der Waals surface area contributed by atoms with Gasteiger partial charge >= 0.3 is 148 Å². The summed E-state index contributed by atoms with van der Waals surface area (Å²) in [6.07, 6.45) is 32.8. The van der Waals surface area contributed by atoms with Gasteiger partial charge in [-0.05, 0) is 0 Å². The summed E-state index contributed by atoms with van der Waals surface area (Å²) in [4.78, 5) is 0. The van der Waals surface area contributed by atoms with Crippen molar-refractivity contribution in [1.82, 2.24) is 0 Å². The van der Waals surface area contributed by atoms with Crippen molar-refractivity contribution in [2.45, 2.75) is 45.5 Å². The molecule has 0 saturated carbocycles. The summed E-state index contributed by atoms with van der Waals surface area (Å²) in [6, 6.07) is 0. The third kappa shape index (κ3) is 2.37. The Morgan fingerprint density at radius 3 is 0.909 bits per heavy atom. The van der Waals surface area contributed by atoms with Crippen LogP contribution in [0.25, 0.3) is 0 Å². The molecule has 0 aromatic heterocycles. The van der Waals surface area contributed by atoms with E-state index in [0.29, 0.717) is 5.45 Å². The third-order valence-electron chi connectivity index (χ3n) is 6.22. The monoisotopic (exact) mass is 418 g/mol. The van der Waals surface area contributed by atoms with Crippen LogP contribution in [0, 0.1) is 30.0 Å². The predicted molar refractivity (Wildman–Crippen MR) is 93.8 cm³/mol. The van der Waals surface area contributed by atoms with E-state index in [1.54, 1.807) is 0 Å². The molecule has 1 heteroatoms. The Hall–Kier alpha value is -0.365. The van der Waals surface area contributed by atoms with Crippen LogP contribution in [0.2, 0.25) is 5.45 Å². The van der Waals surface area contributed by atoms with Crippen LogP contribution < -0.4 is 0 Å². The van der Waals surface area contributed by atoms with Crippen LogP contribution in [0.15, 0.2) is 72.9 Å². The second-order valence-corrected chi connectivity index (χ2v) is 19.8. The van der Waals surface area contributed by atoms with Crippen LogP contribution in [0.4, 0.5) is 0 Å². The van der Waals surface area contributed by atoms with Crippen molar-refractivity contribution in [3.8, 4) is 0 Å². The summed E-state index contributed by atoms with van der Waals surface area (Å²) >= 11 is -2.42. The molecule has 0 aliphatic heterocycles. The number of hydrogen-bond acceptors (Lipinski definition) is 0. The molecule has 0 nitrogen and oxygen atoms in total. The Morgan fingerprint density at radius 1 is 0.500 bits per heavy atom. The number of hydrogen-bond donors (Lipinski definition) is 0. The molecule has 0 amide bonds. The average molecular weight is 418 g/mol. The molecule has 0 heterocycles. The average Bonchev–Trinajstić information content (AvgIpc) is 3.30. The van der Waals surface area contributed by atoms with E-state index in [1.165, 1.54) is 19.3 Å². The van der Waals surface area contributed by atoms with E-state index in [1.807, 2.05) is 0 Å². The Morgan fingerprint density at radius 2 is 0.727 bits per heavy atom. The minimum absolute atomic E-state index is 0.365. The van der Waals surface area contributed by atoms with Crippen LogP contribution >= 0.6 is 0 Å². The van der Waals surface area contributed by atoms with Crippen LogP contribution in [0.3, 0.4) is 0 Å². The molecular formula is C21H27La. The fourth-order valence-corrected chi connectivity index (χ4v) is 24.0. The summed E-state index contributed by atoms with van der Waals surface area (Å²) < 4.78 is 1.10. The molecule has 0 fully saturated rings. The van der Waals surface area contributed by atoms with Crippen LogP contribution in [-0.4, -0.2) is 0 Å². The SMILES string of the molecule is CC[C]1([La]([C]2(CC)C=CC=C2)[C]2(CC)C=CC=C2)C=CC=C1. The van der Waals surface area contributed by atoms with E-state index in [0.717, 1.165) is 0 Å². The van der Waals surface area contributed by atoms with Crippen molar-refractivity contribution >= 4 is 0 Å². The van der Waals surface area contributed by atoms with E-state index >= 15 is 0 Å². The van der Waals surface area contributed by atoms with E-state index in [9.17, 15) is 0 Å². The Bertz CT molecular complexity index is 476. The first-order valence-corrected chi connectivity index (χ1v) is 14.2. The zero-order valence-electron chi connectivity index (χ0n) is 14.1. The molecule has 0 N–H and O–H groups in total. The second-order valence-electron chi connectivity index (χ2n) is 6.99. The summed E-state index contributed by atoms with van der Waals surface area (Å²) in [5.41, 5.74) is 0. The first-order chi connectivity index (χ1) is 10.7. The summed E-state index contributed by atoms with van der Waals surface area (Å²) in [7, 11) is 0. The molecule has 3 aliphatic carbocycles. The molecule has 3 rings (SSSR count). The van der Waals surface area contributed by atoms with Gasteiger partial charge in [0, 0.05) is 0 Å². The van der Waals surface area contributed by atoms with Gasteiger partial charge in [0.25, 0.3) is 0 Å². The molecule has 3 aliphatic rings. The van der Waals surface area contributed by atoms with E-state index < -0.39 is 30.0 Å². The predicted octanol–water partition coefficient (Wildman–Crippen LogP) is 6.69. The Kier molecular flexibility index (Phi) is 4.70. The van der Waals surface area contributed by atoms with Crippen molar-refractivity contribution in [2.24, 2.45) is 0 Å². The number of allylic oxidation sites excluding steroid dienone is 12. The second kappa shape index (κ2) is 6.26. The van der Waals surface area contributed by atoms with Gasteiger partial charge in [-0.15, -0.1) is 0 Å². The van der Waals surface area contributed by atoms with Gasteiger partial charge in [0.2, 0.25) is 0 Å². The summed E-state index contributed by atoms with van der Waals surface area (Å²) in [6.45, 7) is 7.18. The molecule has 0 saturated heterocycles. The van der Waals surface area contributed by atoms with Crippen LogP contribution in [-0.2, 0) is 0 Å². The van der Waals surface area contributed by atoms with Crippen molar-refractivity contribution in [1.29, 1.82) is 0 Å². The molecular weight excluding hydrogens is 391 g/mol. The van der Waals surface area contributed by atoms with E-state index in [2.05, 4.69) is 93.7 Å². The van der Waals surface area contributed by atoms with Gasteiger partial charge in [-0.1, -0.05) is 0 Å². The van der Waals surface area contributed by atoms with Crippen molar-refractivity contribution in [3.05, 3.63) is 72.9 Å². The zero-order chi connectivity index (χ0) is 15.7. The normalized spacial score (nSPS) is 24.7. The molecule has 22 heavy (non-hydrogen) atoms. The zero-order valence-corrected chi connectivity index (χ0v) is 17.8. The minimum atomic E-state index is -2.42.